The summed E-state index contributed by atoms with van der Waals surface area (Å²) < 4.78 is 74.1. The third-order valence-corrected chi connectivity index (χ3v) is 7.24. The molecule has 164 valence electrons. The van der Waals surface area contributed by atoms with Gasteiger partial charge in [-0.15, -0.1) is 0 Å². The molecule has 0 amide bonds. The lowest BCUT2D eigenvalue weighted by Crippen LogP contribution is -2.37. The van der Waals surface area contributed by atoms with E-state index < -0.39 is 32.7 Å². The Morgan fingerprint density at radius 2 is 1.94 bits per heavy atom. The minimum atomic E-state index is -4.37. The van der Waals surface area contributed by atoms with Gasteiger partial charge in [0.05, 0.1) is 0 Å². The van der Waals surface area contributed by atoms with Crippen molar-refractivity contribution in [2.75, 3.05) is 11.3 Å². The van der Waals surface area contributed by atoms with Crippen molar-refractivity contribution in [1.82, 2.24) is 14.3 Å². The van der Waals surface area contributed by atoms with Crippen LogP contribution in [0.25, 0.3) is 0 Å². The number of rotatable bonds is 6. The summed E-state index contributed by atoms with van der Waals surface area (Å²) in [4.78, 5) is 4.75. The van der Waals surface area contributed by atoms with Gasteiger partial charge in [0.2, 0.25) is 5.13 Å². The van der Waals surface area contributed by atoms with Crippen LogP contribution in [-0.4, -0.2) is 35.4 Å². The molecule has 1 fully saturated rings. The highest BCUT2D eigenvalue weighted by atomic mass is 32.2. The second-order valence-electron chi connectivity index (χ2n) is 7.24. The van der Waals surface area contributed by atoms with E-state index in [0.717, 1.165) is 29.5 Å². The molecular weight excluding hydrogens is 449 g/mol. The molecule has 1 saturated heterocycles. The predicted octanol–water partition coefficient (Wildman–Crippen LogP) is 4.29. The predicted molar refractivity (Wildman–Crippen MR) is 111 cm³/mol. The minimum Gasteiger partial charge on any atom is -0.292 e. The molecule has 2 heterocycles. The summed E-state index contributed by atoms with van der Waals surface area (Å²) in [6.07, 6.45) is 0.728. The number of likely N-dealkylation sites (tertiary alicyclic amines) is 1. The Labute approximate surface area is 182 Å². The number of hydrogen-bond donors (Lipinski definition) is 1. The Balaban J connectivity index is 1.59. The molecule has 6 nitrogen and oxygen atoms in total. The van der Waals surface area contributed by atoms with Crippen molar-refractivity contribution in [3.05, 3.63) is 71.6 Å². The van der Waals surface area contributed by atoms with Gasteiger partial charge in [0.15, 0.2) is 0 Å². The summed E-state index contributed by atoms with van der Waals surface area (Å²) in [5, 5.41) is -0.0521. The third-order valence-electron chi connectivity index (χ3n) is 5.18. The summed E-state index contributed by atoms with van der Waals surface area (Å²) in [6.45, 7) is 0.402. The lowest BCUT2D eigenvalue weighted by molar-refractivity contribution is 0.0825. The summed E-state index contributed by atoms with van der Waals surface area (Å²) in [5.41, 5.74) is 0.900. The van der Waals surface area contributed by atoms with E-state index in [-0.39, 0.29) is 29.7 Å². The van der Waals surface area contributed by atoms with E-state index in [0.29, 0.717) is 19.0 Å². The maximum atomic E-state index is 14.8. The van der Waals surface area contributed by atoms with Crippen molar-refractivity contribution < 1.29 is 21.6 Å². The van der Waals surface area contributed by atoms with Gasteiger partial charge >= 0.3 is 0 Å². The van der Waals surface area contributed by atoms with Crippen LogP contribution in [0.15, 0.2) is 53.7 Å². The second-order valence-corrected chi connectivity index (χ2v) is 9.68. The molecule has 0 bridgehead atoms. The molecule has 0 unspecified atom stereocenters. The van der Waals surface area contributed by atoms with Crippen LogP contribution in [0.5, 0.6) is 0 Å². The van der Waals surface area contributed by atoms with Crippen molar-refractivity contribution in [2.24, 2.45) is 0 Å². The number of alkyl halides is 1. The zero-order valence-electron chi connectivity index (χ0n) is 16.2. The van der Waals surface area contributed by atoms with Crippen LogP contribution in [0.4, 0.5) is 18.3 Å². The first kappa shape index (κ1) is 21.7. The van der Waals surface area contributed by atoms with Gasteiger partial charge < -0.3 is 0 Å². The molecule has 1 aromatic heterocycles. The molecule has 1 N–H and O–H groups in total. The maximum absolute atomic E-state index is 14.8. The number of halogens is 3. The number of anilines is 1. The monoisotopic (exact) mass is 468 g/mol. The van der Waals surface area contributed by atoms with E-state index in [4.69, 9.17) is 0 Å². The highest BCUT2D eigenvalue weighted by Gasteiger charge is 2.31. The number of benzene rings is 2. The van der Waals surface area contributed by atoms with E-state index in [1.807, 2.05) is 35.2 Å². The summed E-state index contributed by atoms with van der Waals surface area (Å²) in [5.74, 6) is -1.93. The highest BCUT2D eigenvalue weighted by Crippen LogP contribution is 2.34. The molecule has 1 aliphatic heterocycles. The molecule has 1 aliphatic rings. The fourth-order valence-electron chi connectivity index (χ4n) is 3.69. The van der Waals surface area contributed by atoms with Crippen molar-refractivity contribution in [2.45, 2.75) is 36.5 Å². The van der Waals surface area contributed by atoms with Crippen LogP contribution in [0, 0.1) is 11.6 Å². The zero-order valence-corrected chi connectivity index (χ0v) is 17.8. The number of aromatic nitrogens is 2. The van der Waals surface area contributed by atoms with Crippen LogP contribution in [0.1, 0.15) is 30.0 Å². The standard InChI is InChI=1S/C20H19F3N4O2S2/c21-15-6-7-27(18(9-15)13-4-2-1-3-5-13)11-14-8-17(23)19(10-16(14)22)31(28,29)26-20-24-12-25-30-20/h1-5,8,10,12,15,18H,6-7,9,11H2,(H,24,25,26)/t15-,18-/m1/s1. The van der Waals surface area contributed by atoms with E-state index in [9.17, 15) is 21.6 Å². The smallest absolute Gasteiger partial charge is 0.266 e. The molecule has 4 rings (SSSR count). The van der Waals surface area contributed by atoms with Crippen LogP contribution in [0.2, 0.25) is 0 Å². The van der Waals surface area contributed by atoms with Crippen molar-refractivity contribution in [3.63, 3.8) is 0 Å². The molecule has 3 aromatic rings. The Hall–Kier alpha value is -2.50. The number of nitrogens with zero attached hydrogens (tertiary/aromatic N) is 3. The lowest BCUT2D eigenvalue weighted by atomic mass is 9.93. The van der Waals surface area contributed by atoms with Crippen LogP contribution >= 0.6 is 11.5 Å². The summed E-state index contributed by atoms with van der Waals surface area (Å²) in [7, 11) is -4.37. The van der Waals surface area contributed by atoms with Crippen molar-refractivity contribution in [3.8, 4) is 0 Å². The molecule has 2 atom stereocenters. The van der Waals surface area contributed by atoms with E-state index in [1.165, 1.54) is 0 Å². The van der Waals surface area contributed by atoms with Crippen LogP contribution < -0.4 is 4.72 Å². The fourth-order valence-corrected chi connectivity index (χ4v) is 5.42. The molecule has 31 heavy (non-hydrogen) atoms. The topological polar surface area (TPSA) is 75.2 Å². The highest BCUT2D eigenvalue weighted by molar-refractivity contribution is 7.93. The lowest BCUT2D eigenvalue weighted by Gasteiger charge is -2.37. The van der Waals surface area contributed by atoms with E-state index in [2.05, 4.69) is 14.1 Å². The normalized spacial score (nSPS) is 20.0. The zero-order chi connectivity index (χ0) is 22.0. The molecule has 0 aliphatic carbocycles. The Bertz CT molecular complexity index is 1140. The van der Waals surface area contributed by atoms with Gasteiger partial charge in [0.25, 0.3) is 10.0 Å². The molecular formula is C20H19F3N4O2S2. The Morgan fingerprint density at radius 1 is 1.16 bits per heavy atom. The molecule has 2 aromatic carbocycles. The Kier molecular flexibility index (Phi) is 6.26. The van der Waals surface area contributed by atoms with Gasteiger partial charge in [0, 0.05) is 36.2 Å². The van der Waals surface area contributed by atoms with Gasteiger partial charge in [-0.2, -0.15) is 4.37 Å². The molecule has 0 saturated carbocycles. The molecule has 11 heteroatoms. The maximum Gasteiger partial charge on any atom is 0.266 e. The second kappa shape index (κ2) is 8.93. The van der Waals surface area contributed by atoms with Gasteiger partial charge in [-0.1, -0.05) is 30.3 Å². The molecule has 0 radical (unpaired) electrons. The average molecular weight is 469 g/mol. The first-order valence-corrected chi connectivity index (χ1v) is 11.8. The largest absolute Gasteiger partial charge is 0.292 e. The number of sulfonamides is 1. The first-order valence-electron chi connectivity index (χ1n) is 9.54. The number of piperidine rings is 1. The minimum absolute atomic E-state index is 0.00519. The van der Waals surface area contributed by atoms with E-state index in [1.54, 1.807) is 0 Å². The summed E-state index contributed by atoms with van der Waals surface area (Å²) >= 11 is 0.774. The Morgan fingerprint density at radius 3 is 2.65 bits per heavy atom. The quantitative estimate of drug-likeness (QED) is 0.584. The van der Waals surface area contributed by atoms with Gasteiger partial charge in [0.1, 0.15) is 29.0 Å². The SMILES string of the molecule is O=S(=O)(Nc1ncns1)c1cc(F)c(CN2CC[C@@H](F)C[C@@H]2c2ccccc2)cc1F. The number of hydrogen-bond acceptors (Lipinski definition) is 6. The van der Waals surface area contributed by atoms with Crippen molar-refractivity contribution >= 4 is 26.7 Å². The fraction of sp³-hybridized carbons (Fsp3) is 0.300. The average Bonchev–Trinajstić information content (AvgIpc) is 3.24. The molecule has 0 spiro atoms. The van der Waals surface area contributed by atoms with Crippen molar-refractivity contribution in [1.29, 1.82) is 0 Å². The van der Waals surface area contributed by atoms with E-state index >= 15 is 0 Å². The summed E-state index contributed by atoms with van der Waals surface area (Å²) in [6, 6.07) is 10.6. The number of nitrogens with one attached hydrogen (secondary N) is 1. The van der Waals surface area contributed by atoms with Gasteiger partial charge in [-0.3, -0.25) is 9.62 Å². The van der Waals surface area contributed by atoms with Gasteiger partial charge in [-0.25, -0.2) is 26.6 Å². The first-order chi connectivity index (χ1) is 14.8. The third kappa shape index (κ3) is 4.89. The van der Waals surface area contributed by atoms with Crippen LogP contribution in [0.3, 0.4) is 0 Å². The van der Waals surface area contributed by atoms with Crippen LogP contribution in [-0.2, 0) is 16.6 Å². The van der Waals surface area contributed by atoms with Gasteiger partial charge in [-0.05, 0) is 30.5 Å².